The van der Waals surface area contributed by atoms with E-state index in [1.54, 1.807) is 0 Å². The van der Waals surface area contributed by atoms with Gasteiger partial charge in [0.2, 0.25) is 0 Å². The lowest BCUT2D eigenvalue weighted by Crippen LogP contribution is -2.44. The molecule has 1 N–H and O–H groups in total. The van der Waals surface area contributed by atoms with Crippen LogP contribution < -0.4 is 0 Å². The van der Waals surface area contributed by atoms with Gasteiger partial charge in [-0.15, -0.1) is 0 Å². The van der Waals surface area contributed by atoms with Gasteiger partial charge >= 0.3 is 0 Å². The van der Waals surface area contributed by atoms with Gasteiger partial charge in [0.15, 0.2) is 12.0 Å². The monoisotopic (exact) mass is 224 g/mol. The molecule has 0 saturated heterocycles. The SMILES string of the molecule is OC1(OCc2ccccc2)CCCCC1F. The standard InChI is InChI=1S/C13H17FO2/c14-12-8-4-5-9-13(12,15)16-10-11-6-2-1-3-7-11/h1-3,6-7,12,15H,4-5,8-10H2. The molecule has 0 heterocycles. The van der Waals surface area contributed by atoms with Crippen molar-refractivity contribution in [1.82, 2.24) is 0 Å². The Morgan fingerprint density at radius 2 is 2.06 bits per heavy atom. The van der Waals surface area contributed by atoms with Gasteiger partial charge in [0.1, 0.15) is 0 Å². The Balaban J connectivity index is 1.93. The molecule has 0 aliphatic heterocycles. The highest BCUT2D eigenvalue weighted by molar-refractivity contribution is 5.13. The molecule has 0 radical (unpaired) electrons. The molecule has 88 valence electrons. The molecule has 1 aliphatic carbocycles. The zero-order valence-electron chi connectivity index (χ0n) is 9.23. The molecule has 1 aromatic carbocycles. The first kappa shape index (κ1) is 11.6. The third-order valence-corrected chi connectivity index (χ3v) is 3.06. The van der Waals surface area contributed by atoms with E-state index < -0.39 is 12.0 Å². The molecule has 0 bridgehead atoms. The number of hydrogen-bond acceptors (Lipinski definition) is 2. The molecule has 0 aromatic heterocycles. The average molecular weight is 224 g/mol. The fourth-order valence-corrected chi connectivity index (χ4v) is 2.03. The minimum Gasteiger partial charge on any atom is -0.363 e. The summed E-state index contributed by atoms with van der Waals surface area (Å²) in [6, 6.07) is 9.52. The third-order valence-electron chi connectivity index (χ3n) is 3.06. The largest absolute Gasteiger partial charge is 0.363 e. The van der Waals surface area contributed by atoms with Crippen LogP contribution in [0.1, 0.15) is 31.2 Å². The van der Waals surface area contributed by atoms with E-state index in [1.807, 2.05) is 30.3 Å². The Morgan fingerprint density at radius 1 is 1.31 bits per heavy atom. The highest BCUT2D eigenvalue weighted by Crippen LogP contribution is 2.32. The third kappa shape index (κ3) is 2.60. The van der Waals surface area contributed by atoms with Crippen molar-refractivity contribution in [2.24, 2.45) is 0 Å². The maximum Gasteiger partial charge on any atom is 0.197 e. The van der Waals surface area contributed by atoms with Crippen molar-refractivity contribution in [3.05, 3.63) is 35.9 Å². The second kappa shape index (κ2) is 4.93. The second-order valence-corrected chi connectivity index (χ2v) is 4.33. The molecule has 0 spiro atoms. The summed E-state index contributed by atoms with van der Waals surface area (Å²) >= 11 is 0. The van der Waals surface area contributed by atoms with E-state index in [2.05, 4.69) is 0 Å². The van der Waals surface area contributed by atoms with Crippen LogP contribution in [-0.2, 0) is 11.3 Å². The highest BCUT2D eigenvalue weighted by Gasteiger charge is 2.40. The normalized spacial score (nSPS) is 30.2. The summed E-state index contributed by atoms with van der Waals surface area (Å²) in [7, 11) is 0. The first-order valence-electron chi connectivity index (χ1n) is 5.75. The van der Waals surface area contributed by atoms with Crippen LogP contribution in [0.2, 0.25) is 0 Å². The lowest BCUT2D eigenvalue weighted by atomic mass is 9.92. The molecular weight excluding hydrogens is 207 g/mol. The molecule has 2 atom stereocenters. The molecule has 0 amide bonds. The summed E-state index contributed by atoms with van der Waals surface area (Å²) in [6.45, 7) is 0.262. The lowest BCUT2D eigenvalue weighted by Gasteiger charge is -2.35. The first-order valence-corrected chi connectivity index (χ1v) is 5.75. The summed E-state index contributed by atoms with van der Waals surface area (Å²) < 4.78 is 18.9. The van der Waals surface area contributed by atoms with Crippen LogP contribution in [0, 0.1) is 0 Å². The number of hydrogen-bond donors (Lipinski definition) is 1. The molecule has 2 nitrogen and oxygen atoms in total. The van der Waals surface area contributed by atoms with Gasteiger partial charge < -0.3 is 9.84 Å². The van der Waals surface area contributed by atoms with Crippen LogP contribution in [0.4, 0.5) is 4.39 Å². The van der Waals surface area contributed by atoms with Crippen LogP contribution in [-0.4, -0.2) is 17.1 Å². The molecular formula is C13H17FO2. The van der Waals surface area contributed by atoms with Crippen LogP contribution in [0.5, 0.6) is 0 Å². The van der Waals surface area contributed by atoms with Crippen molar-refractivity contribution in [2.75, 3.05) is 0 Å². The maximum absolute atomic E-state index is 13.6. The molecule has 1 fully saturated rings. The Kier molecular flexibility index (Phi) is 3.56. The second-order valence-electron chi connectivity index (χ2n) is 4.33. The van der Waals surface area contributed by atoms with Gasteiger partial charge in [-0.05, 0) is 18.4 Å². The number of aliphatic hydroxyl groups is 1. The van der Waals surface area contributed by atoms with E-state index in [4.69, 9.17) is 4.74 Å². The van der Waals surface area contributed by atoms with Crippen LogP contribution in [0.25, 0.3) is 0 Å². The van der Waals surface area contributed by atoms with Gasteiger partial charge in [0, 0.05) is 6.42 Å². The predicted octanol–water partition coefficient (Wildman–Crippen LogP) is 2.80. The van der Waals surface area contributed by atoms with Crippen LogP contribution in [0.15, 0.2) is 30.3 Å². The van der Waals surface area contributed by atoms with E-state index in [1.165, 1.54) is 0 Å². The van der Waals surface area contributed by atoms with Gasteiger partial charge in [-0.3, -0.25) is 0 Å². The number of rotatable bonds is 3. The van der Waals surface area contributed by atoms with Gasteiger partial charge in [0.05, 0.1) is 6.61 Å². The maximum atomic E-state index is 13.6. The molecule has 1 aliphatic rings. The summed E-state index contributed by atoms with van der Waals surface area (Å²) in [6.07, 6.45) is 1.18. The molecule has 2 unspecified atom stereocenters. The Morgan fingerprint density at radius 3 is 2.75 bits per heavy atom. The number of halogens is 1. The zero-order chi connectivity index (χ0) is 11.4. The fourth-order valence-electron chi connectivity index (χ4n) is 2.03. The van der Waals surface area contributed by atoms with Crippen LogP contribution in [0.3, 0.4) is 0 Å². The van der Waals surface area contributed by atoms with Crippen molar-refractivity contribution in [3.63, 3.8) is 0 Å². The molecule has 1 aromatic rings. The summed E-state index contributed by atoms with van der Waals surface area (Å²) in [5.74, 6) is -1.58. The van der Waals surface area contributed by atoms with Crippen molar-refractivity contribution in [1.29, 1.82) is 0 Å². The van der Waals surface area contributed by atoms with Gasteiger partial charge in [0.25, 0.3) is 0 Å². The van der Waals surface area contributed by atoms with E-state index in [9.17, 15) is 9.50 Å². The van der Waals surface area contributed by atoms with Crippen molar-refractivity contribution in [2.45, 2.75) is 44.2 Å². The van der Waals surface area contributed by atoms with Crippen molar-refractivity contribution < 1.29 is 14.2 Å². The molecule has 1 saturated carbocycles. The van der Waals surface area contributed by atoms with Gasteiger partial charge in [-0.2, -0.15) is 0 Å². The number of alkyl halides is 1. The topological polar surface area (TPSA) is 29.5 Å². The Bertz CT molecular complexity index is 328. The quantitative estimate of drug-likeness (QED) is 0.800. The van der Waals surface area contributed by atoms with E-state index >= 15 is 0 Å². The number of ether oxygens (including phenoxy) is 1. The smallest absolute Gasteiger partial charge is 0.197 e. The summed E-state index contributed by atoms with van der Waals surface area (Å²) in [5, 5.41) is 10.0. The summed E-state index contributed by atoms with van der Waals surface area (Å²) in [5.41, 5.74) is 0.952. The minimum absolute atomic E-state index is 0.262. The molecule has 3 heteroatoms. The van der Waals surface area contributed by atoms with E-state index in [0.29, 0.717) is 12.8 Å². The zero-order valence-corrected chi connectivity index (χ0v) is 9.23. The minimum atomic E-state index is -1.58. The fraction of sp³-hybridized carbons (Fsp3) is 0.538. The lowest BCUT2D eigenvalue weighted by molar-refractivity contribution is -0.259. The molecule has 2 rings (SSSR count). The summed E-state index contributed by atoms with van der Waals surface area (Å²) in [4.78, 5) is 0. The molecule has 16 heavy (non-hydrogen) atoms. The average Bonchev–Trinajstić information content (AvgIpc) is 2.32. The van der Waals surface area contributed by atoms with Gasteiger partial charge in [-0.25, -0.2) is 4.39 Å². The van der Waals surface area contributed by atoms with E-state index in [-0.39, 0.29) is 6.61 Å². The van der Waals surface area contributed by atoms with Crippen LogP contribution >= 0.6 is 0 Å². The van der Waals surface area contributed by atoms with Gasteiger partial charge in [-0.1, -0.05) is 36.8 Å². The predicted molar refractivity (Wildman–Crippen MR) is 59.5 cm³/mol. The van der Waals surface area contributed by atoms with Crippen molar-refractivity contribution in [3.8, 4) is 0 Å². The van der Waals surface area contributed by atoms with Crippen molar-refractivity contribution >= 4 is 0 Å². The first-order chi connectivity index (χ1) is 7.71. The highest BCUT2D eigenvalue weighted by atomic mass is 19.1. The Hall–Kier alpha value is -0.930. The number of benzene rings is 1. The Labute approximate surface area is 95.1 Å². The van der Waals surface area contributed by atoms with E-state index in [0.717, 1.165) is 18.4 Å².